The van der Waals surface area contributed by atoms with Crippen LogP contribution in [0.4, 0.5) is 4.39 Å². The van der Waals surface area contributed by atoms with E-state index < -0.39 is 0 Å². The zero-order valence-corrected chi connectivity index (χ0v) is 6.63. The summed E-state index contributed by atoms with van der Waals surface area (Å²) >= 11 is 0. The van der Waals surface area contributed by atoms with Crippen LogP contribution in [-0.2, 0) is 0 Å². The third-order valence-electron chi connectivity index (χ3n) is 1.63. The summed E-state index contributed by atoms with van der Waals surface area (Å²) in [5, 5.41) is 2.92. The first-order chi connectivity index (χ1) is 5.25. The van der Waals surface area contributed by atoms with Crippen LogP contribution in [-0.4, -0.2) is 12.0 Å². The van der Waals surface area contributed by atoms with Crippen LogP contribution in [0.2, 0.25) is 0 Å². The Morgan fingerprint density at radius 3 is 2.91 bits per heavy atom. The molecule has 1 rings (SSSR count). The van der Waals surface area contributed by atoms with Crippen molar-refractivity contribution in [2.75, 3.05) is 7.05 Å². The molecule has 0 aliphatic rings. The number of pyridine rings is 1. The third kappa shape index (κ3) is 1.74. The molecule has 1 atom stereocenters. The molecule has 1 heterocycles. The zero-order valence-electron chi connectivity index (χ0n) is 6.63. The predicted octanol–water partition coefficient (Wildman–Crippen LogP) is 1.50. The van der Waals surface area contributed by atoms with E-state index in [1.807, 2.05) is 6.92 Å². The van der Waals surface area contributed by atoms with Crippen LogP contribution in [0.25, 0.3) is 0 Å². The minimum atomic E-state index is -0.255. The molecule has 0 fully saturated rings. The van der Waals surface area contributed by atoms with E-state index in [0.29, 0.717) is 5.69 Å². The number of nitrogens with zero attached hydrogens (tertiary/aromatic N) is 1. The van der Waals surface area contributed by atoms with Gasteiger partial charge in [0.15, 0.2) is 0 Å². The van der Waals surface area contributed by atoms with E-state index in [1.54, 1.807) is 19.3 Å². The van der Waals surface area contributed by atoms with E-state index >= 15 is 0 Å². The maximum Gasteiger partial charge on any atom is 0.146 e. The fourth-order valence-corrected chi connectivity index (χ4v) is 0.853. The number of nitrogens with one attached hydrogen (secondary N) is 1. The Balaban J connectivity index is 2.93. The van der Waals surface area contributed by atoms with Crippen molar-refractivity contribution in [2.24, 2.45) is 0 Å². The average molecular weight is 154 g/mol. The first-order valence-electron chi connectivity index (χ1n) is 3.53. The molecule has 0 saturated heterocycles. The summed E-state index contributed by atoms with van der Waals surface area (Å²) in [5.41, 5.74) is 0.468. The monoisotopic (exact) mass is 154 g/mol. The lowest BCUT2D eigenvalue weighted by Gasteiger charge is -2.08. The molecule has 0 aliphatic heterocycles. The summed E-state index contributed by atoms with van der Waals surface area (Å²) in [6.45, 7) is 1.87. The minimum Gasteiger partial charge on any atom is -0.312 e. The topological polar surface area (TPSA) is 24.9 Å². The van der Waals surface area contributed by atoms with E-state index in [4.69, 9.17) is 0 Å². The molecule has 3 heteroatoms. The Bertz CT molecular complexity index is 237. The second-order valence-electron chi connectivity index (χ2n) is 2.38. The highest BCUT2D eigenvalue weighted by Crippen LogP contribution is 2.11. The molecule has 60 valence electrons. The summed E-state index contributed by atoms with van der Waals surface area (Å²) in [6.07, 6.45) is 1.59. The van der Waals surface area contributed by atoms with Crippen molar-refractivity contribution in [1.29, 1.82) is 0 Å². The second-order valence-corrected chi connectivity index (χ2v) is 2.38. The van der Waals surface area contributed by atoms with Gasteiger partial charge in [-0.15, -0.1) is 0 Å². The molecule has 0 aromatic carbocycles. The molecule has 1 aromatic heterocycles. The van der Waals surface area contributed by atoms with Gasteiger partial charge in [0, 0.05) is 12.2 Å². The first kappa shape index (κ1) is 8.14. The van der Waals surface area contributed by atoms with Crippen molar-refractivity contribution in [3.63, 3.8) is 0 Å². The van der Waals surface area contributed by atoms with Gasteiger partial charge in [0.05, 0.1) is 5.69 Å². The largest absolute Gasteiger partial charge is 0.312 e. The number of rotatable bonds is 2. The van der Waals surface area contributed by atoms with Gasteiger partial charge in [0.1, 0.15) is 5.82 Å². The molecule has 0 spiro atoms. The molecule has 0 saturated carbocycles. The minimum absolute atomic E-state index is 0.0313. The zero-order chi connectivity index (χ0) is 8.27. The van der Waals surface area contributed by atoms with Gasteiger partial charge in [-0.3, -0.25) is 4.98 Å². The van der Waals surface area contributed by atoms with Gasteiger partial charge < -0.3 is 5.32 Å². The van der Waals surface area contributed by atoms with Crippen molar-refractivity contribution in [1.82, 2.24) is 10.3 Å². The van der Waals surface area contributed by atoms with Crippen LogP contribution >= 0.6 is 0 Å². The fourth-order valence-electron chi connectivity index (χ4n) is 0.853. The lowest BCUT2D eigenvalue weighted by molar-refractivity contribution is 0.544. The van der Waals surface area contributed by atoms with Crippen molar-refractivity contribution in [3.8, 4) is 0 Å². The standard InChI is InChI=1S/C8H11FN2/c1-6(10-2)8-7(9)4-3-5-11-8/h3-6,10H,1-2H3/t6-/m1/s1. The number of hydrogen-bond acceptors (Lipinski definition) is 2. The summed E-state index contributed by atoms with van der Waals surface area (Å²) in [6, 6.07) is 2.97. The van der Waals surface area contributed by atoms with Crippen LogP contribution < -0.4 is 5.32 Å². The Hall–Kier alpha value is -0.960. The van der Waals surface area contributed by atoms with E-state index in [0.717, 1.165) is 0 Å². The van der Waals surface area contributed by atoms with Crippen molar-refractivity contribution in [2.45, 2.75) is 13.0 Å². The summed E-state index contributed by atoms with van der Waals surface area (Å²) in [7, 11) is 1.78. The van der Waals surface area contributed by atoms with Crippen molar-refractivity contribution < 1.29 is 4.39 Å². The molecule has 0 bridgehead atoms. The number of hydrogen-bond donors (Lipinski definition) is 1. The van der Waals surface area contributed by atoms with Gasteiger partial charge in [-0.2, -0.15) is 0 Å². The van der Waals surface area contributed by atoms with E-state index in [9.17, 15) is 4.39 Å². The second kappa shape index (κ2) is 3.44. The summed E-state index contributed by atoms with van der Waals surface area (Å²) < 4.78 is 12.9. The molecule has 2 nitrogen and oxygen atoms in total. The van der Waals surface area contributed by atoms with Gasteiger partial charge in [-0.05, 0) is 26.1 Å². The molecule has 0 unspecified atom stereocenters. The average Bonchev–Trinajstić information content (AvgIpc) is 2.04. The molecule has 1 aromatic rings. The normalized spacial score (nSPS) is 13.0. The SMILES string of the molecule is CN[C@H](C)c1ncccc1F. The Morgan fingerprint density at radius 2 is 2.36 bits per heavy atom. The van der Waals surface area contributed by atoms with Crippen LogP contribution in [0.15, 0.2) is 18.3 Å². The van der Waals surface area contributed by atoms with E-state index in [2.05, 4.69) is 10.3 Å². The van der Waals surface area contributed by atoms with E-state index in [-0.39, 0.29) is 11.9 Å². The van der Waals surface area contributed by atoms with Crippen molar-refractivity contribution in [3.05, 3.63) is 29.8 Å². The van der Waals surface area contributed by atoms with E-state index in [1.165, 1.54) is 6.07 Å². The molecule has 1 N–H and O–H groups in total. The maximum atomic E-state index is 12.9. The Kier molecular flexibility index (Phi) is 2.54. The third-order valence-corrected chi connectivity index (χ3v) is 1.63. The van der Waals surface area contributed by atoms with Gasteiger partial charge >= 0.3 is 0 Å². The first-order valence-corrected chi connectivity index (χ1v) is 3.53. The predicted molar refractivity (Wildman–Crippen MR) is 41.7 cm³/mol. The van der Waals surface area contributed by atoms with Gasteiger partial charge in [-0.25, -0.2) is 4.39 Å². The number of halogens is 1. The lowest BCUT2D eigenvalue weighted by Crippen LogP contribution is -2.15. The van der Waals surface area contributed by atoms with Gasteiger partial charge in [-0.1, -0.05) is 0 Å². The molecule has 0 radical (unpaired) electrons. The van der Waals surface area contributed by atoms with Gasteiger partial charge in [0.2, 0.25) is 0 Å². The molecule has 0 aliphatic carbocycles. The highest BCUT2D eigenvalue weighted by Gasteiger charge is 2.08. The highest BCUT2D eigenvalue weighted by molar-refractivity contribution is 5.10. The van der Waals surface area contributed by atoms with Gasteiger partial charge in [0.25, 0.3) is 0 Å². The van der Waals surface area contributed by atoms with Crippen LogP contribution in [0.3, 0.4) is 0 Å². The maximum absolute atomic E-state index is 12.9. The summed E-state index contributed by atoms with van der Waals surface area (Å²) in [5.74, 6) is -0.255. The van der Waals surface area contributed by atoms with Crippen LogP contribution in [0, 0.1) is 5.82 Å². The summed E-state index contributed by atoms with van der Waals surface area (Å²) in [4.78, 5) is 3.91. The molecule has 0 amide bonds. The fraction of sp³-hybridized carbons (Fsp3) is 0.375. The number of aromatic nitrogens is 1. The van der Waals surface area contributed by atoms with Crippen molar-refractivity contribution >= 4 is 0 Å². The quantitative estimate of drug-likeness (QED) is 0.698. The van der Waals surface area contributed by atoms with Crippen LogP contribution in [0.1, 0.15) is 18.7 Å². The Labute approximate surface area is 65.5 Å². The molecular weight excluding hydrogens is 143 g/mol. The molecular formula is C8H11FN2. The Morgan fingerprint density at radius 1 is 1.64 bits per heavy atom. The highest BCUT2D eigenvalue weighted by atomic mass is 19.1. The smallest absolute Gasteiger partial charge is 0.146 e. The lowest BCUT2D eigenvalue weighted by atomic mass is 10.2. The van der Waals surface area contributed by atoms with Crippen LogP contribution in [0.5, 0.6) is 0 Å². The molecule has 11 heavy (non-hydrogen) atoms.